The summed E-state index contributed by atoms with van der Waals surface area (Å²) in [6, 6.07) is 7.89. The molecule has 2 aromatic rings. The van der Waals surface area contributed by atoms with Gasteiger partial charge in [0, 0.05) is 18.3 Å². The zero-order chi connectivity index (χ0) is 14.9. The number of rotatable bonds is 4. The molecule has 1 aromatic heterocycles. The van der Waals surface area contributed by atoms with Crippen LogP contribution in [0.2, 0.25) is 0 Å². The molecule has 0 saturated heterocycles. The summed E-state index contributed by atoms with van der Waals surface area (Å²) in [6.07, 6.45) is 0. The number of aliphatic carboxylic acids is 1. The highest BCUT2D eigenvalue weighted by atomic mass is 32.1. The fraction of sp³-hybridized carbons (Fsp3) is 0.333. The predicted molar refractivity (Wildman–Crippen MR) is 80.3 cm³/mol. The Hall–Kier alpha value is -1.88. The van der Waals surface area contributed by atoms with Gasteiger partial charge in [0.25, 0.3) is 5.91 Å². The largest absolute Gasteiger partial charge is 0.481 e. The summed E-state index contributed by atoms with van der Waals surface area (Å²) in [5.74, 6) is -1.58. The first-order valence-corrected chi connectivity index (χ1v) is 7.20. The maximum absolute atomic E-state index is 12.4. The summed E-state index contributed by atoms with van der Waals surface area (Å²) in [6.45, 7) is 3.74. The van der Waals surface area contributed by atoms with Gasteiger partial charge in [0.05, 0.1) is 10.8 Å². The Morgan fingerprint density at radius 2 is 2.00 bits per heavy atom. The number of thiophene rings is 1. The average Bonchev–Trinajstić information content (AvgIpc) is 2.75. The third-order valence-corrected chi connectivity index (χ3v) is 4.61. The summed E-state index contributed by atoms with van der Waals surface area (Å²) >= 11 is 1.46. The van der Waals surface area contributed by atoms with Crippen LogP contribution in [0.25, 0.3) is 10.1 Å². The van der Waals surface area contributed by atoms with Gasteiger partial charge < -0.3 is 10.0 Å². The maximum Gasteiger partial charge on any atom is 0.308 e. The van der Waals surface area contributed by atoms with Crippen LogP contribution in [-0.2, 0) is 4.79 Å². The highest BCUT2D eigenvalue weighted by Gasteiger charge is 2.22. The minimum absolute atomic E-state index is 0.114. The molecular weight excluding hydrogens is 274 g/mol. The third kappa shape index (κ3) is 2.67. The molecule has 1 N–H and O–H groups in total. The minimum Gasteiger partial charge on any atom is -0.481 e. The van der Waals surface area contributed by atoms with Gasteiger partial charge in [-0.3, -0.25) is 9.59 Å². The normalized spacial score (nSPS) is 12.3. The molecule has 0 saturated carbocycles. The van der Waals surface area contributed by atoms with E-state index in [2.05, 4.69) is 0 Å². The Balaban J connectivity index is 2.27. The summed E-state index contributed by atoms with van der Waals surface area (Å²) in [5, 5.41) is 10.0. The number of carbonyl (C=O) groups is 2. The number of carbonyl (C=O) groups excluding carboxylic acids is 1. The van der Waals surface area contributed by atoms with E-state index in [9.17, 15) is 9.59 Å². The number of fused-ring (bicyclic) bond motifs is 1. The van der Waals surface area contributed by atoms with E-state index < -0.39 is 11.9 Å². The van der Waals surface area contributed by atoms with Gasteiger partial charge >= 0.3 is 5.97 Å². The first kappa shape index (κ1) is 14.5. The van der Waals surface area contributed by atoms with Gasteiger partial charge in [-0.05, 0) is 23.9 Å². The van der Waals surface area contributed by atoms with E-state index in [0.29, 0.717) is 4.88 Å². The Morgan fingerprint density at radius 3 is 2.60 bits per heavy atom. The SMILES string of the molecule is Cc1c(C(=O)N(C)CC(C)C(=O)O)sc2ccccc12. The van der Waals surface area contributed by atoms with E-state index in [0.717, 1.165) is 15.6 Å². The zero-order valence-corrected chi connectivity index (χ0v) is 12.5. The van der Waals surface area contributed by atoms with Crippen LogP contribution in [0.5, 0.6) is 0 Å². The van der Waals surface area contributed by atoms with Crippen LogP contribution < -0.4 is 0 Å². The van der Waals surface area contributed by atoms with Crippen LogP contribution in [0, 0.1) is 12.8 Å². The highest BCUT2D eigenvalue weighted by molar-refractivity contribution is 7.21. The predicted octanol–water partition coefficient (Wildman–Crippen LogP) is 3.00. The smallest absolute Gasteiger partial charge is 0.308 e. The van der Waals surface area contributed by atoms with Crippen molar-refractivity contribution in [2.45, 2.75) is 13.8 Å². The number of amides is 1. The topological polar surface area (TPSA) is 57.6 Å². The van der Waals surface area contributed by atoms with Crippen LogP contribution in [0.15, 0.2) is 24.3 Å². The van der Waals surface area contributed by atoms with E-state index in [4.69, 9.17) is 5.11 Å². The number of carboxylic acid groups (broad SMARTS) is 1. The van der Waals surface area contributed by atoms with Crippen LogP contribution in [0.4, 0.5) is 0 Å². The fourth-order valence-electron chi connectivity index (χ4n) is 2.12. The monoisotopic (exact) mass is 291 g/mol. The molecule has 0 aliphatic carbocycles. The molecule has 0 bridgehead atoms. The summed E-state index contributed by atoms with van der Waals surface area (Å²) in [7, 11) is 1.64. The van der Waals surface area contributed by atoms with Crippen LogP contribution in [-0.4, -0.2) is 35.5 Å². The van der Waals surface area contributed by atoms with Crippen molar-refractivity contribution in [2.75, 3.05) is 13.6 Å². The lowest BCUT2D eigenvalue weighted by Crippen LogP contribution is -2.33. The van der Waals surface area contributed by atoms with E-state index in [1.807, 2.05) is 31.2 Å². The summed E-state index contributed by atoms with van der Waals surface area (Å²) in [4.78, 5) is 25.5. The molecule has 2 rings (SSSR count). The van der Waals surface area contributed by atoms with Crippen molar-refractivity contribution in [2.24, 2.45) is 5.92 Å². The zero-order valence-electron chi connectivity index (χ0n) is 11.7. The molecule has 1 amide bonds. The van der Waals surface area contributed by atoms with Crippen LogP contribution in [0.3, 0.4) is 0 Å². The first-order valence-electron chi connectivity index (χ1n) is 6.38. The van der Waals surface area contributed by atoms with E-state index >= 15 is 0 Å². The second-order valence-electron chi connectivity index (χ2n) is 4.98. The van der Waals surface area contributed by atoms with Crippen molar-refractivity contribution in [3.05, 3.63) is 34.7 Å². The van der Waals surface area contributed by atoms with Crippen molar-refractivity contribution < 1.29 is 14.7 Å². The molecule has 1 unspecified atom stereocenters. The Kier molecular flexibility index (Phi) is 4.09. The number of benzene rings is 1. The number of nitrogens with zero attached hydrogens (tertiary/aromatic N) is 1. The quantitative estimate of drug-likeness (QED) is 0.942. The second kappa shape index (κ2) is 5.63. The molecular formula is C15H17NO3S. The Labute approximate surface area is 121 Å². The minimum atomic E-state index is -0.891. The average molecular weight is 291 g/mol. The van der Waals surface area contributed by atoms with Crippen LogP contribution >= 0.6 is 11.3 Å². The Morgan fingerprint density at radius 1 is 1.35 bits per heavy atom. The standard InChI is InChI=1S/C15H17NO3S/c1-9(15(18)19)8-16(3)14(17)13-10(2)11-6-4-5-7-12(11)20-13/h4-7,9H,8H2,1-3H3,(H,18,19). The number of hydrogen-bond acceptors (Lipinski definition) is 3. The second-order valence-corrected chi connectivity index (χ2v) is 6.03. The summed E-state index contributed by atoms with van der Waals surface area (Å²) in [5.41, 5.74) is 0.963. The van der Waals surface area contributed by atoms with Gasteiger partial charge in [0.2, 0.25) is 0 Å². The third-order valence-electron chi connectivity index (χ3n) is 3.35. The molecule has 0 radical (unpaired) electrons. The molecule has 5 heteroatoms. The lowest BCUT2D eigenvalue weighted by molar-refractivity contribution is -0.141. The van der Waals surface area contributed by atoms with Gasteiger partial charge in [0.15, 0.2) is 0 Å². The molecule has 1 aromatic carbocycles. The van der Waals surface area contributed by atoms with Crippen molar-refractivity contribution in [3.8, 4) is 0 Å². The number of carboxylic acids is 1. The molecule has 0 aliphatic rings. The number of hydrogen-bond donors (Lipinski definition) is 1. The first-order chi connectivity index (χ1) is 9.41. The maximum atomic E-state index is 12.4. The molecule has 20 heavy (non-hydrogen) atoms. The van der Waals surface area contributed by atoms with Gasteiger partial charge in [-0.15, -0.1) is 11.3 Å². The molecule has 106 valence electrons. The Bertz CT molecular complexity index is 662. The molecule has 1 heterocycles. The molecule has 0 aliphatic heterocycles. The van der Waals surface area contributed by atoms with Crippen molar-refractivity contribution in [1.29, 1.82) is 0 Å². The molecule has 0 fully saturated rings. The van der Waals surface area contributed by atoms with E-state index in [1.165, 1.54) is 16.2 Å². The van der Waals surface area contributed by atoms with Crippen molar-refractivity contribution in [3.63, 3.8) is 0 Å². The van der Waals surface area contributed by atoms with E-state index in [1.54, 1.807) is 14.0 Å². The highest BCUT2D eigenvalue weighted by Crippen LogP contribution is 2.31. The molecule has 4 nitrogen and oxygen atoms in total. The van der Waals surface area contributed by atoms with E-state index in [-0.39, 0.29) is 12.5 Å². The lowest BCUT2D eigenvalue weighted by atomic mass is 10.1. The van der Waals surface area contributed by atoms with Crippen molar-refractivity contribution >= 4 is 33.3 Å². The van der Waals surface area contributed by atoms with Crippen LogP contribution in [0.1, 0.15) is 22.2 Å². The fourth-order valence-corrected chi connectivity index (χ4v) is 3.33. The lowest BCUT2D eigenvalue weighted by Gasteiger charge is -2.19. The van der Waals surface area contributed by atoms with Crippen molar-refractivity contribution in [1.82, 2.24) is 4.90 Å². The molecule has 1 atom stereocenters. The van der Waals surface area contributed by atoms with Gasteiger partial charge in [-0.25, -0.2) is 0 Å². The number of aryl methyl sites for hydroxylation is 1. The summed E-state index contributed by atoms with van der Waals surface area (Å²) < 4.78 is 1.08. The van der Waals surface area contributed by atoms with Gasteiger partial charge in [-0.2, -0.15) is 0 Å². The van der Waals surface area contributed by atoms with Gasteiger partial charge in [0.1, 0.15) is 0 Å². The van der Waals surface area contributed by atoms with Gasteiger partial charge in [-0.1, -0.05) is 25.1 Å². The molecule has 0 spiro atoms.